The summed E-state index contributed by atoms with van der Waals surface area (Å²) in [5.41, 5.74) is 1.17. The van der Waals surface area contributed by atoms with E-state index in [2.05, 4.69) is 6.58 Å². The van der Waals surface area contributed by atoms with Crippen molar-refractivity contribution in [3.05, 3.63) is 42.5 Å². The molecule has 0 aromatic heterocycles. The SMILES string of the molecule is C=Cc1ccccc1.CC.CCC(C)=O. The van der Waals surface area contributed by atoms with Gasteiger partial charge in [0.15, 0.2) is 0 Å². The Morgan fingerprint density at radius 1 is 1.27 bits per heavy atom. The zero-order valence-corrected chi connectivity index (χ0v) is 10.3. The molecule has 0 N–H and O–H groups in total. The van der Waals surface area contributed by atoms with E-state index in [0.717, 1.165) is 0 Å². The van der Waals surface area contributed by atoms with Crippen LogP contribution in [-0.4, -0.2) is 5.78 Å². The van der Waals surface area contributed by atoms with Crippen LogP contribution in [0.5, 0.6) is 0 Å². The molecule has 1 rings (SSSR count). The van der Waals surface area contributed by atoms with Gasteiger partial charge in [-0.3, -0.25) is 0 Å². The van der Waals surface area contributed by atoms with Crippen LogP contribution in [0, 0.1) is 0 Å². The Balaban J connectivity index is 0. The molecule has 0 atom stereocenters. The van der Waals surface area contributed by atoms with Gasteiger partial charge in [-0.2, -0.15) is 0 Å². The van der Waals surface area contributed by atoms with Crippen molar-refractivity contribution in [3.63, 3.8) is 0 Å². The number of Topliss-reactive ketones (excluding diaryl/α,β-unsaturated/α-hetero) is 1. The number of carbonyl (C=O) groups excluding carboxylic acids is 1. The number of benzene rings is 1. The Hall–Kier alpha value is -1.37. The van der Waals surface area contributed by atoms with E-state index in [1.807, 2.05) is 57.2 Å². The first-order valence-electron chi connectivity index (χ1n) is 5.37. The van der Waals surface area contributed by atoms with Gasteiger partial charge in [-0.15, -0.1) is 0 Å². The molecule has 1 aromatic rings. The van der Waals surface area contributed by atoms with E-state index in [9.17, 15) is 4.79 Å². The van der Waals surface area contributed by atoms with Crippen LogP contribution in [0.25, 0.3) is 6.08 Å². The van der Waals surface area contributed by atoms with Crippen LogP contribution in [0.15, 0.2) is 36.9 Å². The number of ketones is 1. The van der Waals surface area contributed by atoms with E-state index in [0.29, 0.717) is 6.42 Å². The summed E-state index contributed by atoms with van der Waals surface area (Å²) >= 11 is 0. The lowest BCUT2D eigenvalue weighted by atomic mass is 10.2. The first-order valence-corrected chi connectivity index (χ1v) is 5.37. The summed E-state index contributed by atoms with van der Waals surface area (Å²) in [7, 11) is 0. The Labute approximate surface area is 93.8 Å². The lowest BCUT2D eigenvalue weighted by Crippen LogP contribution is -1.80. The molecule has 0 amide bonds. The molecule has 15 heavy (non-hydrogen) atoms. The van der Waals surface area contributed by atoms with Crippen molar-refractivity contribution in [1.82, 2.24) is 0 Å². The monoisotopic (exact) mass is 206 g/mol. The highest BCUT2D eigenvalue weighted by Crippen LogP contribution is 1.97. The Kier molecular flexibility index (Phi) is 13.5. The van der Waals surface area contributed by atoms with E-state index in [1.165, 1.54) is 5.56 Å². The first-order chi connectivity index (χ1) is 7.20. The molecule has 1 nitrogen and oxygen atoms in total. The second-order valence-corrected chi connectivity index (χ2v) is 2.67. The van der Waals surface area contributed by atoms with Crippen molar-refractivity contribution < 1.29 is 4.79 Å². The predicted molar refractivity (Wildman–Crippen MR) is 68.9 cm³/mol. The fourth-order valence-corrected chi connectivity index (χ4v) is 0.589. The summed E-state index contributed by atoms with van der Waals surface area (Å²) in [6.45, 7) is 11.1. The van der Waals surface area contributed by atoms with Crippen molar-refractivity contribution in [2.75, 3.05) is 0 Å². The van der Waals surface area contributed by atoms with Crippen LogP contribution >= 0.6 is 0 Å². The van der Waals surface area contributed by atoms with Crippen LogP contribution in [0.4, 0.5) is 0 Å². The van der Waals surface area contributed by atoms with Gasteiger partial charge in [0.2, 0.25) is 0 Å². The van der Waals surface area contributed by atoms with Crippen molar-refractivity contribution in [2.24, 2.45) is 0 Å². The van der Waals surface area contributed by atoms with Crippen molar-refractivity contribution in [2.45, 2.75) is 34.1 Å². The zero-order chi connectivity index (χ0) is 12.1. The van der Waals surface area contributed by atoms with Crippen molar-refractivity contribution in [1.29, 1.82) is 0 Å². The maximum Gasteiger partial charge on any atom is 0.129 e. The molecule has 0 bridgehead atoms. The molecule has 0 aliphatic rings. The largest absolute Gasteiger partial charge is 0.300 e. The van der Waals surface area contributed by atoms with Crippen LogP contribution in [0.2, 0.25) is 0 Å². The molecule has 0 unspecified atom stereocenters. The number of carbonyl (C=O) groups is 1. The fraction of sp³-hybridized carbons (Fsp3) is 0.357. The lowest BCUT2D eigenvalue weighted by Gasteiger charge is -1.85. The minimum absolute atomic E-state index is 0.255. The molecular formula is C14H22O. The molecule has 1 aromatic carbocycles. The molecule has 0 radical (unpaired) electrons. The summed E-state index contributed by atoms with van der Waals surface area (Å²) in [6, 6.07) is 10.0. The smallest absolute Gasteiger partial charge is 0.129 e. The number of hydrogen-bond acceptors (Lipinski definition) is 1. The highest BCUT2D eigenvalue weighted by atomic mass is 16.1. The topological polar surface area (TPSA) is 17.1 Å². The van der Waals surface area contributed by atoms with Crippen LogP contribution in [0.1, 0.15) is 39.7 Å². The highest BCUT2D eigenvalue weighted by molar-refractivity contribution is 5.74. The predicted octanol–water partition coefficient (Wildman–Crippen LogP) is 4.34. The van der Waals surface area contributed by atoms with Gasteiger partial charge in [0.1, 0.15) is 5.78 Å². The average molecular weight is 206 g/mol. The molecule has 1 heteroatoms. The summed E-state index contributed by atoms with van der Waals surface area (Å²) < 4.78 is 0. The minimum Gasteiger partial charge on any atom is -0.300 e. The van der Waals surface area contributed by atoms with Gasteiger partial charge in [-0.1, -0.05) is 63.8 Å². The van der Waals surface area contributed by atoms with Crippen molar-refractivity contribution >= 4 is 11.9 Å². The Morgan fingerprint density at radius 3 is 1.87 bits per heavy atom. The summed E-state index contributed by atoms with van der Waals surface area (Å²) in [4.78, 5) is 9.81. The molecule has 0 saturated heterocycles. The van der Waals surface area contributed by atoms with Gasteiger partial charge in [0.25, 0.3) is 0 Å². The van der Waals surface area contributed by atoms with Gasteiger partial charge in [0, 0.05) is 6.42 Å². The third kappa shape index (κ3) is 12.6. The van der Waals surface area contributed by atoms with E-state index in [4.69, 9.17) is 0 Å². The Bertz CT molecular complexity index is 249. The number of rotatable bonds is 2. The quantitative estimate of drug-likeness (QED) is 0.703. The van der Waals surface area contributed by atoms with Crippen LogP contribution < -0.4 is 0 Å². The molecule has 0 aliphatic carbocycles. The van der Waals surface area contributed by atoms with E-state index < -0.39 is 0 Å². The van der Waals surface area contributed by atoms with Crippen molar-refractivity contribution in [3.8, 4) is 0 Å². The minimum atomic E-state index is 0.255. The zero-order valence-electron chi connectivity index (χ0n) is 10.3. The van der Waals surface area contributed by atoms with Gasteiger partial charge in [-0.25, -0.2) is 0 Å². The van der Waals surface area contributed by atoms with E-state index in [1.54, 1.807) is 6.92 Å². The molecule has 0 heterocycles. The molecular weight excluding hydrogens is 184 g/mol. The van der Waals surface area contributed by atoms with Gasteiger partial charge in [0.05, 0.1) is 0 Å². The molecule has 84 valence electrons. The molecule has 0 saturated carbocycles. The first kappa shape index (κ1) is 16.1. The van der Waals surface area contributed by atoms with E-state index in [-0.39, 0.29) is 5.78 Å². The summed E-state index contributed by atoms with van der Waals surface area (Å²) in [5.74, 6) is 0.255. The second kappa shape index (κ2) is 12.6. The van der Waals surface area contributed by atoms with Crippen LogP contribution in [-0.2, 0) is 4.79 Å². The van der Waals surface area contributed by atoms with Gasteiger partial charge in [-0.05, 0) is 12.5 Å². The molecule has 0 spiro atoms. The summed E-state index contributed by atoms with van der Waals surface area (Å²) in [5, 5.41) is 0. The second-order valence-electron chi connectivity index (χ2n) is 2.67. The maximum absolute atomic E-state index is 9.81. The summed E-state index contributed by atoms with van der Waals surface area (Å²) in [6.07, 6.45) is 2.50. The number of hydrogen-bond donors (Lipinski definition) is 0. The average Bonchev–Trinajstić information content (AvgIpc) is 2.33. The normalized spacial score (nSPS) is 7.47. The fourth-order valence-electron chi connectivity index (χ4n) is 0.589. The third-order valence-corrected chi connectivity index (χ3v) is 1.53. The van der Waals surface area contributed by atoms with E-state index >= 15 is 0 Å². The molecule has 0 aliphatic heterocycles. The third-order valence-electron chi connectivity index (χ3n) is 1.53. The highest BCUT2D eigenvalue weighted by Gasteiger charge is 1.77. The van der Waals surface area contributed by atoms with Gasteiger partial charge < -0.3 is 4.79 Å². The van der Waals surface area contributed by atoms with Crippen LogP contribution in [0.3, 0.4) is 0 Å². The standard InChI is InChI=1S/C8H8.C4H8O.C2H6/c1-2-8-6-4-3-5-7-8;1-3-4(2)5;1-2/h2-7H,1H2;3H2,1-2H3;1-2H3. The maximum atomic E-state index is 9.81. The lowest BCUT2D eigenvalue weighted by molar-refractivity contribution is -0.116. The molecule has 0 fully saturated rings. The Morgan fingerprint density at radius 2 is 1.67 bits per heavy atom. The van der Waals surface area contributed by atoms with Gasteiger partial charge >= 0.3 is 0 Å².